The van der Waals surface area contributed by atoms with Crippen molar-refractivity contribution in [3.8, 4) is 0 Å². The molecule has 0 aliphatic heterocycles. The van der Waals surface area contributed by atoms with Crippen molar-refractivity contribution in [2.75, 3.05) is 13.2 Å². The van der Waals surface area contributed by atoms with Crippen LogP contribution in [0.2, 0.25) is 5.02 Å². The standard InChI is InChI=1S/C13H17ClN2O2/c14-12-9-15-6-5-11(12)13(18)16(7-2-8-17)10-3-1-4-10/h5-6,9-10,17H,1-4,7-8H2. The minimum atomic E-state index is -0.0550. The molecule has 1 fully saturated rings. The largest absolute Gasteiger partial charge is 0.396 e. The Morgan fingerprint density at radius 3 is 2.89 bits per heavy atom. The zero-order chi connectivity index (χ0) is 13.0. The maximum absolute atomic E-state index is 12.4. The average molecular weight is 269 g/mol. The van der Waals surface area contributed by atoms with E-state index in [1.54, 1.807) is 12.3 Å². The molecule has 0 bridgehead atoms. The SMILES string of the molecule is O=C(c1ccncc1Cl)N(CCCO)C1CCC1. The third kappa shape index (κ3) is 2.82. The fourth-order valence-electron chi connectivity index (χ4n) is 2.09. The van der Waals surface area contributed by atoms with Gasteiger partial charge in [-0.1, -0.05) is 11.6 Å². The third-order valence-corrected chi connectivity index (χ3v) is 3.64. The minimum Gasteiger partial charge on any atom is -0.396 e. The first-order chi connectivity index (χ1) is 8.74. The maximum Gasteiger partial charge on any atom is 0.255 e. The van der Waals surface area contributed by atoms with Crippen LogP contribution in [-0.2, 0) is 0 Å². The number of carbonyl (C=O) groups is 1. The number of aromatic nitrogens is 1. The van der Waals surface area contributed by atoms with Gasteiger partial charge in [0.15, 0.2) is 0 Å². The van der Waals surface area contributed by atoms with Gasteiger partial charge in [-0.15, -0.1) is 0 Å². The lowest BCUT2D eigenvalue weighted by atomic mass is 9.91. The first-order valence-electron chi connectivity index (χ1n) is 6.25. The Labute approximate surface area is 112 Å². The lowest BCUT2D eigenvalue weighted by Gasteiger charge is -2.37. The molecular formula is C13H17ClN2O2. The number of rotatable bonds is 5. The molecule has 0 spiro atoms. The Bertz CT molecular complexity index is 421. The van der Waals surface area contributed by atoms with Crippen LogP contribution in [0.5, 0.6) is 0 Å². The Hall–Kier alpha value is -1.13. The molecule has 4 nitrogen and oxygen atoms in total. The highest BCUT2D eigenvalue weighted by molar-refractivity contribution is 6.33. The van der Waals surface area contributed by atoms with E-state index in [0.29, 0.717) is 29.6 Å². The lowest BCUT2D eigenvalue weighted by Crippen LogP contribution is -2.45. The van der Waals surface area contributed by atoms with Crippen LogP contribution in [0.3, 0.4) is 0 Å². The van der Waals surface area contributed by atoms with Crippen molar-refractivity contribution in [3.05, 3.63) is 29.0 Å². The van der Waals surface area contributed by atoms with Crippen LogP contribution in [0.15, 0.2) is 18.5 Å². The van der Waals surface area contributed by atoms with E-state index in [4.69, 9.17) is 16.7 Å². The van der Waals surface area contributed by atoms with Gasteiger partial charge in [-0.2, -0.15) is 0 Å². The van der Waals surface area contributed by atoms with Gasteiger partial charge in [0.1, 0.15) is 0 Å². The Balaban J connectivity index is 2.14. The highest BCUT2D eigenvalue weighted by Crippen LogP contribution is 2.27. The van der Waals surface area contributed by atoms with E-state index in [0.717, 1.165) is 19.3 Å². The van der Waals surface area contributed by atoms with Crippen molar-refractivity contribution in [2.24, 2.45) is 0 Å². The number of aliphatic hydroxyl groups excluding tert-OH is 1. The van der Waals surface area contributed by atoms with Crippen molar-refractivity contribution in [1.29, 1.82) is 0 Å². The molecule has 0 saturated heterocycles. The van der Waals surface area contributed by atoms with Crippen LogP contribution in [0.1, 0.15) is 36.0 Å². The predicted molar refractivity (Wildman–Crippen MR) is 69.6 cm³/mol. The second kappa shape index (κ2) is 6.16. The van der Waals surface area contributed by atoms with Crippen molar-refractivity contribution < 1.29 is 9.90 Å². The molecule has 1 aliphatic carbocycles. The molecule has 1 aromatic heterocycles. The summed E-state index contributed by atoms with van der Waals surface area (Å²) >= 11 is 6.00. The number of amides is 1. The topological polar surface area (TPSA) is 53.4 Å². The number of hydrogen-bond donors (Lipinski definition) is 1. The number of pyridine rings is 1. The number of halogens is 1. The minimum absolute atomic E-state index is 0.0550. The van der Waals surface area contributed by atoms with Gasteiger partial charge in [-0.25, -0.2) is 0 Å². The highest BCUT2D eigenvalue weighted by atomic mass is 35.5. The van der Waals surface area contributed by atoms with Crippen LogP contribution in [0, 0.1) is 0 Å². The highest BCUT2D eigenvalue weighted by Gasteiger charge is 2.29. The smallest absolute Gasteiger partial charge is 0.255 e. The third-order valence-electron chi connectivity index (χ3n) is 3.34. The molecule has 2 rings (SSSR count). The summed E-state index contributed by atoms with van der Waals surface area (Å²) in [6, 6.07) is 1.95. The fraction of sp³-hybridized carbons (Fsp3) is 0.538. The summed E-state index contributed by atoms with van der Waals surface area (Å²) < 4.78 is 0. The van der Waals surface area contributed by atoms with E-state index in [9.17, 15) is 4.79 Å². The number of carbonyl (C=O) groups excluding carboxylic acids is 1. The Kier molecular flexibility index (Phi) is 4.55. The van der Waals surface area contributed by atoms with E-state index in [1.165, 1.54) is 6.20 Å². The van der Waals surface area contributed by atoms with E-state index in [1.807, 2.05) is 4.90 Å². The van der Waals surface area contributed by atoms with Gasteiger partial charge in [-0.3, -0.25) is 9.78 Å². The Morgan fingerprint density at radius 2 is 2.33 bits per heavy atom. The van der Waals surface area contributed by atoms with E-state index in [-0.39, 0.29) is 12.5 Å². The molecule has 0 unspecified atom stereocenters. The van der Waals surface area contributed by atoms with Gasteiger partial charge < -0.3 is 10.0 Å². The number of aliphatic hydroxyl groups is 1. The zero-order valence-corrected chi connectivity index (χ0v) is 10.9. The molecule has 1 N–H and O–H groups in total. The first-order valence-corrected chi connectivity index (χ1v) is 6.63. The summed E-state index contributed by atoms with van der Waals surface area (Å²) in [5.41, 5.74) is 0.497. The van der Waals surface area contributed by atoms with E-state index in [2.05, 4.69) is 4.98 Å². The molecule has 0 atom stereocenters. The number of nitrogens with zero attached hydrogens (tertiary/aromatic N) is 2. The van der Waals surface area contributed by atoms with Gasteiger partial charge in [-0.05, 0) is 31.7 Å². The van der Waals surface area contributed by atoms with E-state index >= 15 is 0 Å². The second-order valence-corrected chi connectivity index (χ2v) is 4.92. The predicted octanol–water partition coefficient (Wildman–Crippen LogP) is 2.11. The van der Waals surface area contributed by atoms with Crippen LogP contribution >= 0.6 is 11.6 Å². The van der Waals surface area contributed by atoms with Crippen LogP contribution in [-0.4, -0.2) is 40.1 Å². The lowest BCUT2D eigenvalue weighted by molar-refractivity contribution is 0.0562. The molecule has 0 radical (unpaired) electrons. The van der Waals surface area contributed by atoms with Gasteiger partial charge in [0, 0.05) is 31.6 Å². The first kappa shape index (κ1) is 13.3. The quantitative estimate of drug-likeness (QED) is 0.890. The summed E-state index contributed by atoms with van der Waals surface area (Å²) in [5, 5.41) is 9.31. The van der Waals surface area contributed by atoms with Gasteiger partial charge in [0.25, 0.3) is 5.91 Å². The second-order valence-electron chi connectivity index (χ2n) is 4.52. The normalized spacial score (nSPS) is 15.2. The molecular weight excluding hydrogens is 252 g/mol. The van der Waals surface area contributed by atoms with Crippen LogP contribution < -0.4 is 0 Å². The summed E-state index contributed by atoms with van der Waals surface area (Å²) in [7, 11) is 0. The molecule has 1 heterocycles. The maximum atomic E-state index is 12.4. The molecule has 5 heteroatoms. The van der Waals surface area contributed by atoms with Gasteiger partial charge >= 0.3 is 0 Å². The monoisotopic (exact) mass is 268 g/mol. The van der Waals surface area contributed by atoms with Gasteiger partial charge in [0.05, 0.1) is 10.6 Å². The van der Waals surface area contributed by atoms with Crippen LogP contribution in [0.4, 0.5) is 0 Å². The molecule has 1 aliphatic rings. The molecule has 1 saturated carbocycles. The van der Waals surface area contributed by atoms with Crippen molar-refractivity contribution in [2.45, 2.75) is 31.7 Å². The van der Waals surface area contributed by atoms with Gasteiger partial charge in [0.2, 0.25) is 0 Å². The summed E-state index contributed by atoms with van der Waals surface area (Å²) in [6.45, 7) is 0.680. The fourth-order valence-corrected chi connectivity index (χ4v) is 2.29. The molecule has 98 valence electrons. The Morgan fingerprint density at radius 1 is 1.56 bits per heavy atom. The average Bonchev–Trinajstić information content (AvgIpc) is 2.32. The molecule has 1 amide bonds. The zero-order valence-electron chi connectivity index (χ0n) is 10.2. The molecule has 0 aromatic carbocycles. The van der Waals surface area contributed by atoms with E-state index < -0.39 is 0 Å². The summed E-state index contributed by atoms with van der Waals surface area (Å²) in [6.07, 6.45) is 6.91. The van der Waals surface area contributed by atoms with Crippen molar-refractivity contribution in [1.82, 2.24) is 9.88 Å². The molecule has 1 aromatic rings. The molecule has 18 heavy (non-hydrogen) atoms. The summed E-state index contributed by atoms with van der Waals surface area (Å²) in [5.74, 6) is -0.0550. The van der Waals surface area contributed by atoms with Crippen molar-refractivity contribution >= 4 is 17.5 Å². The van der Waals surface area contributed by atoms with Crippen molar-refractivity contribution in [3.63, 3.8) is 0 Å². The summed E-state index contributed by atoms with van der Waals surface area (Å²) in [4.78, 5) is 18.2. The van der Waals surface area contributed by atoms with Crippen LogP contribution in [0.25, 0.3) is 0 Å². The number of hydrogen-bond acceptors (Lipinski definition) is 3.